The lowest BCUT2D eigenvalue weighted by atomic mass is 10.0. The van der Waals surface area contributed by atoms with Crippen molar-refractivity contribution >= 4 is 82.4 Å². The van der Waals surface area contributed by atoms with Gasteiger partial charge in [-0.25, -0.2) is 16.0 Å². The van der Waals surface area contributed by atoms with Crippen LogP contribution in [0.5, 0.6) is 0 Å². The second-order valence-corrected chi connectivity index (χ2v) is 11.2. The van der Waals surface area contributed by atoms with E-state index >= 15 is 0 Å². The highest BCUT2D eigenvalue weighted by Crippen LogP contribution is 2.29. The second-order valence-electron chi connectivity index (χ2n) is 10.3. The fraction of sp³-hybridized carbons (Fsp3) is 0.0250. The van der Waals surface area contributed by atoms with Gasteiger partial charge in [0.15, 0.2) is 0 Å². The van der Waals surface area contributed by atoms with Gasteiger partial charge in [0.05, 0.1) is 34.1 Å². The number of hydrogen-bond donors (Lipinski definition) is 4. The molecule has 6 aromatic rings. The van der Waals surface area contributed by atoms with Gasteiger partial charge in [-0.05, 0) is 110 Å². The number of nitrogens with two attached hydrogens (primary N) is 3. The van der Waals surface area contributed by atoms with Gasteiger partial charge < -0.3 is 21.4 Å². The summed E-state index contributed by atoms with van der Waals surface area (Å²) in [6, 6.07) is 50.9. The first kappa shape index (κ1) is 39.6. The molecule has 0 amide bonds. The quantitative estimate of drug-likeness (QED) is 0.0502. The molecule has 0 aliphatic heterocycles. The van der Waals surface area contributed by atoms with Crippen LogP contribution in [0.1, 0.15) is 11.1 Å². The van der Waals surface area contributed by atoms with Gasteiger partial charge in [-0.15, -0.1) is 0 Å². The van der Waals surface area contributed by atoms with E-state index < -0.39 is 0 Å². The summed E-state index contributed by atoms with van der Waals surface area (Å²) in [7, 11) is 1.62. The molecule has 6 rings (SSSR count). The Morgan fingerprint density at radius 2 is 0.961 bits per heavy atom. The maximum absolute atomic E-state index is 6.50. The number of halogens is 1. The van der Waals surface area contributed by atoms with Crippen molar-refractivity contribution in [3.8, 4) is 0 Å². The summed E-state index contributed by atoms with van der Waals surface area (Å²) in [4.78, 5) is 12.6. The average Bonchev–Trinajstić information content (AvgIpc) is 3.20. The summed E-state index contributed by atoms with van der Waals surface area (Å²) < 4.78 is 6.63. The summed E-state index contributed by atoms with van der Waals surface area (Å²) in [6.07, 6.45) is 0. The molecule has 0 saturated carbocycles. The fourth-order valence-electron chi connectivity index (χ4n) is 4.39. The standard InChI is InChI=1S/C19H14BrN.C15H15BN3O.C6H8N2.H3NO/c20-17-11-13-18(14-12-17)21-19(15-7-3-1-4-8-15)16-9-5-2-6-10-16;1-16-20-19(14-8-4-12(17-2)5-9-14)15-10-6-13(18-3)7-11-15;7-5-1-2-6(8)4-3-5;1-2/h1-14H;4-11H,2-3H2,1H3;1-4H,7-8H2;2H,1H2. The predicted octanol–water partition coefficient (Wildman–Crippen LogP) is 9.89. The zero-order valence-corrected chi connectivity index (χ0v) is 29.8. The third kappa shape index (κ3) is 13.2. The lowest BCUT2D eigenvalue weighted by molar-refractivity contribution is 0.311. The van der Waals surface area contributed by atoms with E-state index in [-0.39, 0.29) is 0 Å². The van der Waals surface area contributed by atoms with Gasteiger partial charge in [0.25, 0.3) is 0 Å². The Bertz CT molecular complexity index is 1800. The maximum Gasteiger partial charge on any atom is 0.331 e. The molecule has 7 N–H and O–H groups in total. The largest absolute Gasteiger partial charge is 0.399 e. The Morgan fingerprint density at radius 1 is 0.588 bits per heavy atom. The third-order valence-corrected chi connectivity index (χ3v) is 7.37. The van der Waals surface area contributed by atoms with Crippen molar-refractivity contribution in [2.45, 2.75) is 6.82 Å². The lowest BCUT2D eigenvalue weighted by Gasteiger charge is -2.24. The summed E-state index contributed by atoms with van der Waals surface area (Å²) in [6.45, 7) is 8.83. The van der Waals surface area contributed by atoms with Crippen molar-refractivity contribution in [3.05, 3.63) is 173 Å². The molecule has 0 saturated heterocycles. The number of hydrogen-bond acceptors (Lipinski definition) is 9. The number of nitrogen functional groups attached to an aromatic ring is 2. The monoisotopic (exact) mass is 740 g/mol. The summed E-state index contributed by atoms with van der Waals surface area (Å²) in [5.41, 5.74) is 19.8. The Labute approximate surface area is 308 Å². The number of rotatable bonds is 9. The summed E-state index contributed by atoms with van der Waals surface area (Å²) in [5.74, 6) is 3.50. The van der Waals surface area contributed by atoms with E-state index in [0.29, 0.717) is 0 Å². The van der Waals surface area contributed by atoms with Crippen LogP contribution < -0.4 is 22.4 Å². The van der Waals surface area contributed by atoms with Crippen LogP contribution >= 0.6 is 15.9 Å². The van der Waals surface area contributed by atoms with Gasteiger partial charge in [0.2, 0.25) is 0 Å². The van der Waals surface area contributed by atoms with Crippen LogP contribution in [0.15, 0.2) is 177 Å². The van der Waals surface area contributed by atoms with E-state index in [4.69, 9.17) is 26.4 Å². The molecule has 6 aromatic carbocycles. The molecule has 1 radical (unpaired) electrons. The Hall–Kier alpha value is -5.85. The minimum atomic E-state index is 0.749. The maximum atomic E-state index is 6.50. The molecule has 0 atom stereocenters. The van der Waals surface area contributed by atoms with Crippen LogP contribution in [0, 0.1) is 0 Å². The molecule has 0 heterocycles. The molecule has 11 heteroatoms. The molecule has 0 aliphatic carbocycles. The van der Waals surface area contributed by atoms with Crippen LogP contribution in [0.25, 0.3) is 0 Å². The van der Waals surface area contributed by atoms with Crippen molar-refractivity contribution in [2.24, 2.45) is 20.9 Å². The Morgan fingerprint density at radius 3 is 1.31 bits per heavy atom. The Kier molecular flexibility index (Phi) is 17.1. The molecule has 0 bridgehead atoms. The second kappa shape index (κ2) is 22.0. The van der Waals surface area contributed by atoms with Gasteiger partial charge >= 0.3 is 7.48 Å². The van der Waals surface area contributed by atoms with Crippen LogP contribution in [0.3, 0.4) is 0 Å². The van der Waals surface area contributed by atoms with Crippen molar-refractivity contribution in [2.75, 3.05) is 16.5 Å². The van der Waals surface area contributed by atoms with Crippen molar-refractivity contribution in [3.63, 3.8) is 0 Å². The number of aliphatic imine (C=N–C) groups is 3. The first-order chi connectivity index (χ1) is 24.9. The third-order valence-electron chi connectivity index (χ3n) is 6.84. The number of benzene rings is 6. The van der Waals surface area contributed by atoms with E-state index in [1.807, 2.05) is 116 Å². The first-order valence-electron chi connectivity index (χ1n) is 15.6. The minimum absolute atomic E-state index is 0.749. The SMILES string of the molecule is Brc1ccc(N=C(c2ccccc2)c2ccccc2)cc1.C=Nc1ccc(N(O[B]C)c2ccc(N=C)cc2)cc1.NO.Nc1ccc(N)cc1. The predicted molar refractivity (Wildman–Crippen MR) is 220 cm³/mol. The molecule has 257 valence electrons. The van der Waals surface area contributed by atoms with Gasteiger partial charge in [-0.3, -0.25) is 9.98 Å². The fourth-order valence-corrected chi connectivity index (χ4v) is 4.66. The van der Waals surface area contributed by atoms with Crippen molar-refractivity contribution in [1.82, 2.24) is 0 Å². The average molecular weight is 742 g/mol. The van der Waals surface area contributed by atoms with E-state index in [2.05, 4.69) is 69.5 Å². The van der Waals surface area contributed by atoms with Crippen LogP contribution in [-0.4, -0.2) is 31.8 Å². The van der Waals surface area contributed by atoms with E-state index in [1.165, 1.54) is 0 Å². The number of nitrogens with zero attached hydrogens (tertiary/aromatic N) is 4. The van der Waals surface area contributed by atoms with Crippen LogP contribution in [0.4, 0.5) is 39.8 Å². The van der Waals surface area contributed by atoms with Crippen molar-refractivity contribution < 1.29 is 9.96 Å². The highest BCUT2D eigenvalue weighted by Gasteiger charge is 2.10. The first-order valence-corrected chi connectivity index (χ1v) is 16.4. The Balaban J connectivity index is 0.000000219. The normalized spacial score (nSPS) is 9.57. The molecular weight excluding hydrogens is 701 g/mol. The lowest BCUT2D eigenvalue weighted by Crippen LogP contribution is -2.18. The van der Waals surface area contributed by atoms with E-state index in [1.54, 1.807) is 36.8 Å². The highest BCUT2D eigenvalue weighted by atomic mass is 79.9. The molecule has 9 nitrogen and oxygen atoms in total. The molecule has 0 unspecified atom stereocenters. The molecule has 0 aliphatic rings. The van der Waals surface area contributed by atoms with Gasteiger partial charge in [0, 0.05) is 27.0 Å². The summed E-state index contributed by atoms with van der Waals surface area (Å²) in [5, 5.41) is 8.22. The van der Waals surface area contributed by atoms with Gasteiger partial charge in [-0.1, -0.05) is 83.4 Å². The number of anilines is 4. The zero-order chi connectivity index (χ0) is 36.8. The summed E-state index contributed by atoms with van der Waals surface area (Å²) >= 11 is 3.45. The molecule has 51 heavy (non-hydrogen) atoms. The molecule has 0 fully saturated rings. The van der Waals surface area contributed by atoms with Crippen LogP contribution in [0.2, 0.25) is 6.82 Å². The minimum Gasteiger partial charge on any atom is -0.399 e. The molecule has 0 spiro atoms. The molecule has 0 aromatic heterocycles. The van der Waals surface area contributed by atoms with E-state index in [9.17, 15) is 0 Å². The van der Waals surface area contributed by atoms with E-state index in [0.717, 1.165) is 61.1 Å². The van der Waals surface area contributed by atoms with Gasteiger partial charge in [-0.2, -0.15) is 0 Å². The zero-order valence-electron chi connectivity index (χ0n) is 28.3. The van der Waals surface area contributed by atoms with Gasteiger partial charge in [0.1, 0.15) is 0 Å². The topological polar surface area (TPSA) is 148 Å². The smallest absolute Gasteiger partial charge is 0.331 e. The van der Waals surface area contributed by atoms with Crippen LogP contribution in [-0.2, 0) is 4.76 Å². The highest BCUT2D eigenvalue weighted by molar-refractivity contribution is 9.10. The van der Waals surface area contributed by atoms with Crippen molar-refractivity contribution in [1.29, 1.82) is 0 Å². The molecular formula is C40H40BBrN7O2.